The van der Waals surface area contributed by atoms with Crippen LogP contribution in [0.1, 0.15) is 17.9 Å². The highest BCUT2D eigenvalue weighted by atomic mass is 35.5. The Morgan fingerprint density at radius 2 is 1.94 bits per heavy atom. The van der Waals surface area contributed by atoms with Gasteiger partial charge in [-0.15, -0.1) is 0 Å². The van der Waals surface area contributed by atoms with Crippen LogP contribution in [0.15, 0.2) is 77.6 Å². The molecule has 1 aliphatic rings. The van der Waals surface area contributed by atoms with Crippen LogP contribution in [0.5, 0.6) is 0 Å². The molecule has 1 fully saturated rings. The van der Waals surface area contributed by atoms with Crippen LogP contribution in [0.3, 0.4) is 0 Å². The number of halogens is 1. The number of hydrogen-bond donors (Lipinski definition) is 1. The summed E-state index contributed by atoms with van der Waals surface area (Å²) in [7, 11) is 0. The van der Waals surface area contributed by atoms with Crippen molar-refractivity contribution in [1.82, 2.24) is 15.1 Å². The largest absolute Gasteiger partial charge is 0.339 e. The van der Waals surface area contributed by atoms with Gasteiger partial charge in [0.15, 0.2) is 0 Å². The van der Waals surface area contributed by atoms with E-state index >= 15 is 0 Å². The Bertz CT molecular complexity index is 1320. The van der Waals surface area contributed by atoms with Crippen molar-refractivity contribution in [2.24, 2.45) is 5.92 Å². The smallest absolute Gasteiger partial charge is 0.231 e. The minimum atomic E-state index is -0.461. The van der Waals surface area contributed by atoms with Crippen molar-refractivity contribution in [2.45, 2.75) is 12.8 Å². The monoisotopic (exact) mass is 473 g/mol. The van der Waals surface area contributed by atoms with E-state index in [1.54, 1.807) is 47.6 Å². The summed E-state index contributed by atoms with van der Waals surface area (Å²) in [5.41, 5.74) is 2.96. The van der Waals surface area contributed by atoms with E-state index in [1.807, 2.05) is 30.3 Å². The molecule has 2 aromatic heterocycles. The predicted octanol–water partition coefficient (Wildman–Crippen LogP) is 4.37. The maximum atomic E-state index is 13.0. The number of amides is 2. The molecule has 1 N–H and O–H groups in total. The summed E-state index contributed by atoms with van der Waals surface area (Å²) in [6.07, 6.45) is 3.84. The van der Waals surface area contributed by atoms with E-state index in [1.165, 1.54) is 0 Å². The number of hydrogen-bond acceptors (Lipinski definition) is 6. The van der Waals surface area contributed by atoms with Gasteiger partial charge in [-0.25, -0.2) is 0 Å². The topological polar surface area (TPSA) is 101 Å². The second-order valence-electron chi connectivity index (χ2n) is 7.96. The number of nitrogens with one attached hydrogen (secondary N) is 1. The van der Waals surface area contributed by atoms with Gasteiger partial charge in [-0.3, -0.25) is 14.6 Å². The average Bonchev–Trinajstić information content (AvgIpc) is 3.48. The van der Waals surface area contributed by atoms with Crippen molar-refractivity contribution < 1.29 is 14.1 Å². The molecule has 1 atom stereocenters. The van der Waals surface area contributed by atoms with Crippen molar-refractivity contribution in [1.29, 1.82) is 0 Å². The number of carbonyl (C=O) groups is 2. The quantitative estimate of drug-likeness (QED) is 0.446. The van der Waals surface area contributed by atoms with Crippen molar-refractivity contribution in [3.05, 3.63) is 89.5 Å². The fourth-order valence-electron chi connectivity index (χ4n) is 3.89. The first kappa shape index (κ1) is 21.8. The predicted molar refractivity (Wildman–Crippen MR) is 127 cm³/mol. The van der Waals surface area contributed by atoms with E-state index in [-0.39, 0.29) is 18.2 Å². The summed E-state index contributed by atoms with van der Waals surface area (Å²) in [6, 6.07) is 18.1. The molecule has 1 aliphatic heterocycles. The molecular formula is C25H20ClN5O3. The van der Waals surface area contributed by atoms with E-state index in [2.05, 4.69) is 20.4 Å². The van der Waals surface area contributed by atoms with Gasteiger partial charge in [-0.05, 0) is 48.0 Å². The van der Waals surface area contributed by atoms with Crippen molar-refractivity contribution in [2.75, 3.05) is 16.8 Å². The molecule has 2 aromatic carbocycles. The zero-order valence-corrected chi connectivity index (χ0v) is 18.8. The number of aromatic nitrogens is 3. The number of rotatable bonds is 6. The highest BCUT2D eigenvalue weighted by Gasteiger charge is 2.35. The lowest BCUT2D eigenvalue weighted by Crippen LogP contribution is -2.28. The van der Waals surface area contributed by atoms with Gasteiger partial charge < -0.3 is 14.7 Å². The van der Waals surface area contributed by atoms with Crippen molar-refractivity contribution in [3.8, 4) is 11.4 Å². The van der Waals surface area contributed by atoms with Crippen LogP contribution in [-0.2, 0) is 16.0 Å². The zero-order chi connectivity index (χ0) is 23.5. The van der Waals surface area contributed by atoms with Gasteiger partial charge in [-0.1, -0.05) is 35.0 Å². The van der Waals surface area contributed by atoms with Gasteiger partial charge in [0.2, 0.25) is 23.5 Å². The molecule has 0 radical (unpaired) electrons. The van der Waals surface area contributed by atoms with Gasteiger partial charge in [0.05, 0.1) is 12.3 Å². The lowest BCUT2D eigenvalue weighted by atomic mass is 10.1. The molecule has 34 heavy (non-hydrogen) atoms. The Balaban J connectivity index is 1.28. The van der Waals surface area contributed by atoms with E-state index < -0.39 is 5.92 Å². The van der Waals surface area contributed by atoms with E-state index in [4.69, 9.17) is 16.1 Å². The summed E-state index contributed by atoms with van der Waals surface area (Å²) < 4.78 is 5.41. The average molecular weight is 474 g/mol. The van der Waals surface area contributed by atoms with Gasteiger partial charge in [0.1, 0.15) is 0 Å². The van der Waals surface area contributed by atoms with Crippen LogP contribution in [-0.4, -0.2) is 33.5 Å². The fraction of sp³-hybridized carbons (Fsp3) is 0.160. The number of anilines is 2. The Labute approximate surface area is 200 Å². The first-order valence-electron chi connectivity index (χ1n) is 10.7. The lowest BCUT2D eigenvalue weighted by Gasteiger charge is -2.17. The Morgan fingerprint density at radius 1 is 1.12 bits per heavy atom. The number of carbonyl (C=O) groups excluding carboxylic acids is 2. The Morgan fingerprint density at radius 3 is 2.74 bits per heavy atom. The Hall–Kier alpha value is -4.04. The molecular weight excluding hydrogens is 454 g/mol. The molecule has 170 valence electrons. The second kappa shape index (κ2) is 9.44. The summed E-state index contributed by atoms with van der Waals surface area (Å²) in [5, 5.41) is 7.59. The molecule has 3 heterocycles. The molecule has 9 heteroatoms. The summed E-state index contributed by atoms with van der Waals surface area (Å²) >= 11 is 5.94. The molecule has 0 spiro atoms. The first-order chi connectivity index (χ1) is 16.6. The summed E-state index contributed by atoms with van der Waals surface area (Å²) in [6.45, 7) is 0.312. The van der Waals surface area contributed by atoms with Crippen LogP contribution in [0, 0.1) is 5.92 Å². The highest BCUT2D eigenvalue weighted by molar-refractivity contribution is 6.30. The molecule has 1 saturated heterocycles. The molecule has 8 nitrogen and oxygen atoms in total. The number of nitrogens with zero attached hydrogens (tertiary/aromatic N) is 4. The number of benzene rings is 2. The summed E-state index contributed by atoms with van der Waals surface area (Å²) in [4.78, 5) is 35.7. The van der Waals surface area contributed by atoms with Crippen molar-refractivity contribution >= 4 is 34.8 Å². The van der Waals surface area contributed by atoms with Crippen LogP contribution in [0.4, 0.5) is 11.4 Å². The molecule has 1 unspecified atom stereocenters. The highest BCUT2D eigenvalue weighted by Crippen LogP contribution is 2.28. The fourth-order valence-corrected chi connectivity index (χ4v) is 4.01. The minimum Gasteiger partial charge on any atom is -0.339 e. The maximum absolute atomic E-state index is 13.0. The van der Waals surface area contributed by atoms with Crippen LogP contribution >= 0.6 is 11.6 Å². The Kier molecular flexibility index (Phi) is 6.05. The van der Waals surface area contributed by atoms with Gasteiger partial charge in [-0.2, -0.15) is 4.98 Å². The molecule has 0 aliphatic carbocycles. The second-order valence-corrected chi connectivity index (χ2v) is 8.39. The van der Waals surface area contributed by atoms with Gasteiger partial charge >= 0.3 is 0 Å². The van der Waals surface area contributed by atoms with Crippen LogP contribution in [0.2, 0.25) is 5.02 Å². The standard InChI is InChI=1S/C25H20ClN5O3/c26-19-7-9-20(10-8-19)31-15-18(13-23(31)32)25(33)28-21-6-2-1-4-16(21)12-22-29-24(30-34-22)17-5-3-11-27-14-17/h1-11,14,18H,12-13,15H2,(H,28,33). The zero-order valence-electron chi connectivity index (χ0n) is 18.0. The van der Waals surface area contributed by atoms with E-state index in [0.29, 0.717) is 35.4 Å². The molecule has 0 bridgehead atoms. The summed E-state index contributed by atoms with van der Waals surface area (Å²) in [5.74, 6) is 0.113. The number of pyridine rings is 1. The van der Waals surface area contributed by atoms with Crippen LogP contribution < -0.4 is 10.2 Å². The first-order valence-corrected chi connectivity index (χ1v) is 11.1. The van der Waals surface area contributed by atoms with Crippen LogP contribution in [0.25, 0.3) is 11.4 Å². The van der Waals surface area contributed by atoms with Gasteiger partial charge in [0, 0.05) is 47.3 Å². The van der Waals surface area contributed by atoms with Crippen molar-refractivity contribution in [3.63, 3.8) is 0 Å². The molecule has 5 rings (SSSR count). The normalized spacial score (nSPS) is 15.5. The minimum absolute atomic E-state index is 0.0930. The molecule has 0 saturated carbocycles. The third-order valence-corrected chi connectivity index (χ3v) is 5.89. The lowest BCUT2D eigenvalue weighted by molar-refractivity contribution is -0.122. The van der Waals surface area contributed by atoms with E-state index in [0.717, 1.165) is 16.8 Å². The van der Waals surface area contributed by atoms with E-state index in [9.17, 15) is 9.59 Å². The SMILES string of the molecule is O=C(Nc1ccccc1Cc1nc(-c2cccnc2)no1)C1CC(=O)N(c2ccc(Cl)cc2)C1. The maximum Gasteiger partial charge on any atom is 0.231 e. The number of para-hydroxylation sites is 1. The molecule has 2 amide bonds. The molecule has 4 aromatic rings. The third kappa shape index (κ3) is 4.67. The van der Waals surface area contributed by atoms with Gasteiger partial charge in [0.25, 0.3) is 0 Å². The third-order valence-electron chi connectivity index (χ3n) is 5.64.